The van der Waals surface area contributed by atoms with Gasteiger partial charge in [-0.3, -0.25) is 9.69 Å². The fourth-order valence-corrected chi connectivity index (χ4v) is 3.27. The SMILES string of the molecule is O=Cc1ccc(Cl)cc1N1CCN2CCC[C@@H]2C1. The van der Waals surface area contributed by atoms with Gasteiger partial charge in [-0.15, -0.1) is 0 Å². The molecular weight excluding hydrogens is 248 g/mol. The van der Waals surface area contributed by atoms with Crippen LogP contribution in [0.3, 0.4) is 0 Å². The summed E-state index contributed by atoms with van der Waals surface area (Å²) in [4.78, 5) is 16.0. The second kappa shape index (κ2) is 4.90. The minimum absolute atomic E-state index is 0.650. The van der Waals surface area contributed by atoms with Crippen molar-refractivity contribution in [1.29, 1.82) is 0 Å². The van der Waals surface area contributed by atoms with E-state index < -0.39 is 0 Å². The molecule has 1 atom stereocenters. The number of carbonyl (C=O) groups excluding carboxylic acids is 1. The maximum atomic E-state index is 11.1. The van der Waals surface area contributed by atoms with Crippen molar-refractivity contribution in [1.82, 2.24) is 4.90 Å². The Morgan fingerprint density at radius 2 is 2.17 bits per heavy atom. The molecule has 0 amide bonds. The molecule has 2 aliphatic rings. The van der Waals surface area contributed by atoms with Crippen LogP contribution in [0.4, 0.5) is 5.69 Å². The van der Waals surface area contributed by atoms with E-state index in [1.54, 1.807) is 6.07 Å². The van der Waals surface area contributed by atoms with Gasteiger partial charge < -0.3 is 4.90 Å². The Bertz CT molecular complexity index is 463. The average Bonchev–Trinajstić information content (AvgIpc) is 2.85. The number of benzene rings is 1. The Balaban J connectivity index is 1.86. The van der Waals surface area contributed by atoms with Gasteiger partial charge in [-0.1, -0.05) is 11.6 Å². The van der Waals surface area contributed by atoms with Crippen molar-refractivity contribution in [3.8, 4) is 0 Å². The molecule has 18 heavy (non-hydrogen) atoms. The Kier molecular flexibility index (Phi) is 3.27. The van der Waals surface area contributed by atoms with Crippen LogP contribution < -0.4 is 4.90 Å². The number of halogens is 1. The summed E-state index contributed by atoms with van der Waals surface area (Å²) in [6, 6.07) is 6.15. The maximum Gasteiger partial charge on any atom is 0.152 e. The topological polar surface area (TPSA) is 23.6 Å². The lowest BCUT2D eigenvalue weighted by atomic mass is 10.1. The van der Waals surface area contributed by atoms with Crippen LogP contribution in [0, 0.1) is 0 Å². The number of fused-ring (bicyclic) bond motifs is 1. The summed E-state index contributed by atoms with van der Waals surface area (Å²) >= 11 is 6.05. The minimum atomic E-state index is 0.650. The number of piperazine rings is 1. The van der Waals surface area contributed by atoms with Gasteiger partial charge in [0.25, 0.3) is 0 Å². The highest BCUT2D eigenvalue weighted by Gasteiger charge is 2.31. The summed E-state index contributed by atoms with van der Waals surface area (Å²) in [5, 5.41) is 0.699. The number of rotatable bonds is 2. The molecule has 0 aliphatic carbocycles. The van der Waals surface area contributed by atoms with Crippen molar-refractivity contribution in [2.24, 2.45) is 0 Å². The van der Waals surface area contributed by atoms with E-state index >= 15 is 0 Å². The highest BCUT2D eigenvalue weighted by Crippen LogP contribution is 2.29. The number of nitrogens with zero attached hydrogens (tertiary/aromatic N) is 2. The molecule has 2 heterocycles. The van der Waals surface area contributed by atoms with E-state index in [9.17, 15) is 4.79 Å². The highest BCUT2D eigenvalue weighted by molar-refractivity contribution is 6.31. The predicted octanol–water partition coefficient (Wildman–Crippen LogP) is 2.44. The summed E-state index contributed by atoms with van der Waals surface area (Å²) in [6.45, 7) is 4.32. The molecule has 0 spiro atoms. The van der Waals surface area contributed by atoms with E-state index in [1.165, 1.54) is 19.4 Å². The van der Waals surface area contributed by atoms with E-state index in [-0.39, 0.29) is 0 Å². The van der Waals surface area contributed by atoms with Crippen LogP contribution in [0.15, 0.2) is 18.2 Å². The first kappa shape index (κ1) is 12.0. The third-order valence-electron chi connectivity index (χ3n) is 4.05. The smallest absolute Gasteiger partial charge is 0.152 e. The van der Waals surface area contributed by atoms with Crippen LogP contribution in [0.2, 0.25) is 5.02 Å². The Morgan fingerprint density at radius 3 is 3.00 bits per heavy atom. The molecular formula is C14H17ClN2O. The lowest BCUT2D eigenvalue weighted by Crippen LogP contribution is -2.50. The van der Waals surface area contributed by atoms with Gasteiger partial charge in [-0.2, -0.15) is 0 Å². The monoisotopic (exact) mass is 264 g/mol. The third kappa shape index (κ3) is 2.13. The van der Waals surface area contributed by atoms with E-state index in [0.29, 0.717) is 11.1 Å². The van der Waals surface area contributed by atoms with Crippen LogP contribution in [0.1, 0.15) is 23.2 Å². The summed E-state index contributed by atoms with van der Waals surface area (Å²) in [5.41, 5.74) is 1.73. The molecule has 2 fully saturated rings. The molecule has 0 unspecified atom stereocenters. The second-order valence-electron chi connectivity index (χ2n) is 5.10. The molecule has 0 aromatic heterocycles. The third-order valence-corrected chi connectivity index (χ3v) is 4.28. The maximum absolute atomic E-state index is 11.1. The molecule has 0 N–H and O–H groups in total. The van der Waals surface area contributed by atoms with E-state index in [1.807, 2.05) is 12.1 Å². The van der Waals surface area contributed by atoms with Crippen molar-refractivity contribution in [2.45, 2.75) is 18.9 Å². The van der Waals surface area contributed by atoms with Gasteiger partial charge in [-0.25, -0.2) is 0 Å². The van der Waals surface area contributed by atoms with Crippen molar-refractivity contribution in [3.05, 3.63) is 28.8 Å². The number of aldehydes is 1. The molecule has 0 bridgehead atoms. The molecule has 3 nitrogen and oxygen atoms in total. The molecule has 2 aliphatic heterocycles. The summed E-state index contributed by atoms with van der Waals surface area (Å²) in [7, 11) is 0. The van der Waals surface area contributed by atoms with Crippen LogP contribution in [-0.2, 0) is 0 Å². The van der Waals surface area contributed by atoms with E-state index in [2.05, 4.69) is 9.80 Å². The quantitative estimate of drug-likeness (QED) is 0.767. The fourth-order valence-electron chi connectivity index (χ4n) is 3.10. The molecule has 2 saturated heterocycles. The average molecular weight is 265 g/mol. The van der Waals surface area contributed by atoms with Gasteiger partial charge in [0.1, 0.15) is 0 Å². The zero-order valence-electron chi connectivity index (χ0n) is 10.3. The van der Waals surface area contributed by atoms with Crippen molar-refractivity contribution in [3.63, 3.8) is 0 Å². The first-order valence-corrected chi connectivity index (χ1v) is 6.89. The standard InChI is InChI=1S/C14H17ClN2O/c15-12-4-3-11(10-18)14(8-12)17-7-6-16-5-1-2-13(16)9-17/h3-4,8,10,13H,1-2,5-7,9H2/t13-/m1/s1. The molecule has 0 saturated carbocycles. The lowest BCUT2D eigenvalue weighted by Gasteiger charge is -2.39. The van der Waals surface area contributed by atoms with Crippen molar-refractivity contribution in [2.75, 3.05) is 31.1 Å². The Morgan fingerprint density at radius 1 is 1.28 bits per heavy atom. The molecule has 1 aromatic carbocycles. The summed E-state index contributed by atoms with van der Waals surface area (Å²) in [6.07, 6.45) is 3.49. The van der Waals surface area contributed by atoms with Crippen LogP contribution in [-0.4, -0.2) is 43.4 Å². The second-order valence-corrected chi connectivity index (χ2v) is 5.54. The Labute approximate surface area is 112 Å². The van der Waals surface area contributed by atoms with Crippen molar-refractivity contribution < 1.29 is 4.79 Å². The van der Waals surface area contributed by atoms with E-state index in [4.69, 9.17) is 11.6 Å². The fraction of sp³-hybridized carbons (Fsp3) is 0.500. The summed E-state index contributed by atoms with van der Waals surface area (Å²) in [5.74, 6) is 0. The van der Waals surface area contributed by atoms with Gasteiger partial charge in [-0.05, 0) is 37.6 Å². The zero-order valence-corrected chi connectivity index (χ0v) is 11.1. The molecule has 4 heteroatoms. The lowest BCUT2D eigenvalue weighted by molar-refractivity contribution is 0.112. The number of anilines is 1. The predicted molar refractivity (Wildman–Crippen MR) is 73.6 cm³/mol. The molecule has 1 aromatic rings. The van der Waals surface area contributed by atoms with Gasteiger partial charge in [0.15, 0.2) is 6.29 Å². The number of hydrogen-bond acceptors (Lipinski definition) is 3. The molecule has 3 rings (SSSR count). The highest BCUT2D eigenvalue weighted by atomic mass is 35.5. The molecule has 0 radical (unpaired) electrons. The Hall–Kier alpha value is -1.06. The van der Waals surface area contributed by atoms with Crippen molar-refractivity contribution >= 4 is 23.6 Å². The van der Waals surface area contributed by atoms with E-state index in [0.717, 1.165) is 37.2 Å². The van der Waals surface area contributed by atoms with Gasteiger partial charge in [0.2, 0.25) is 0 Å². The largest absolute Gasteiger partial charge is 0.368 e. The van der Waals surface area contributed by atoms with Gasteiger partial charge >= 0.3 is 0 Å². The minimum Gasteiger partial charge on any atom is -0.368 e. The molecule has 96 valence electrons. The van der Waals surface area contributed by atoms with Gasteiger partial charge in [0.05, 0.1) is 0 Å². The zero-order chi connectivity index (χ0) is 12.5. The summed E-state index contributed by atoms with van der Waals surface area (Å²) < 4.78 is 0. The first-order valence-electron chi connectivity index (χ1n) is 6.51. The number of hydrogen-bond donors (Lipinski definition) is 0. The normalized spacial score (nSPS) is 24.1. The first-order chi connectivity index (χ1) is 8.78. The van der Waals surface area contributed by atoms with Crippen LogP contribution >= 0.6 is 11.6 Å². The van der Waals surface area contributed by atoms with Crippen LogP contribution in [0.5, 0.6) is 0 Å². The van der Waals surface area contributed by atoms with Gasteiger partial charge in [0, 0.05) is 41.9 Å². The number of carbonyl (C=O) groups is 1. The van der Waals surface area contributed by atoms with Crippen LogP contribution in [0.25, 0.3) is 0 Å².